The van der Waals surface area contributed by atoms with E-state index < -0.39 is 0 Å². The lowest BCUT2D eigenvalue weighted by Crippen LogP contribution is -2.84. The fraction of sp³-hybridized carbons (Fsp3) is 0.857. The first-order valence-corrected chi connectivity index (χ1v) is 4.08. The summed E-state index contributed by atoms with van der Waals surface area (Å²) in [6, 6.07) is 0.826. The smallest absolute Gasteiger partial charge is 0.328 e. The molecule has 0 bridgehead atoms. The SMILES string of the molecule is NC(N)=[NH+]C1CCC(N)CC1. The molecule has 0 saturated heterocycles. The Morgan fingerprint density at radius 3 is 2.09 bits per heavy atom. The van der Waals surface area contributed by atoms with E-state index in [1.807, 2.05) is 0 Å². The molecule has 1 rings (SSSR count). The van der Waals surface area contributed by atoms with Crippen LogP contribution in [0.3, 0.4) is 0 Å². The van der Waals surface area contributed by atoms with Crippen molar-refractivity contribution in [2.24, 2.45) is 17.2 Å². The highest BCUT2D eigenvalue weighted by Gasteiger charge is 2.18. The Morgan fingerprint density at radius 1 is 1.09 bits per heavy atom. The van der Waals surface area contributed by atoms with Crippen LogP contribution in [0, 0.1) is 0 Å². The Kier molecular flexibility index (Phi) is 2.70. The molecule has 0 aromatic rings. The van der Waals surface area contributed by atoms with E-state index >= 15 is 0 Å². The molecule has 0 aliphatic heterocycles. The summed E-state index contributed by atoms with van der Waals surface area (Å²) in [6.45, 7) is 0. The summed E-state index contributed by atoms with van der Waals surface area (Å²) in [6.07, 6.45) is 4.31. The third kappa shape index (κ3) is 2.76. The average Bonchev–Trinajstić information content (AvgIpc) is 1.93. The molecule has 0 unspecified atom stereocenters. The van der Waals surface area contributed by atoms with Crippen LogP contribution in [-0.2, 0) is 0 Å². The Morgan fingerprint density at radius 2 is 1.64 bits per heavy atom. The summed E-state index contributed by atoms with van der Waals surface area (Å²) >= 11 is 0. The van der Waals surface area contributed by atoms with E-state index in [1.54, 1.807) is 0 Å². The lowest BCUT2D eigenvalue weighted by atomic mass is 9.92. The molecule has 0 spiro atoms. The second-order valence-electron chi connectivity index (χ2n) is 3.21. The molecular formula is C7H17N4+. The van der Waals surface area contributed by atoms with E-state index in [2.05, 4.69) is 4.99 Å². The summed E-state index contributed by atoms with van der Waals surface area (Å²) in [5.41, 5.74) is 16.4. The summed E-state index contributed by atoms with van der Waals surface area (Å²) in [4.78, 5) is 3.02. The maximum absolute atomic E-state index is 5.73. The molecule has 0 amide bonds. The number of guanidine groups is 1. The molecule has 0 aromatic heterocycles. The predicted octanol–water partition coefficient (Wildman–Crippen LogP) is -2.39. The fourth-order valence-corrected chi connectivity index (χ4v) is 1.50. The maximum Gasteiger partial charge on any atom is 0.338 e. The van der Waals surface area contributed by atoms with Crippen molar-refractivity contribution in [3.63, 3.8) is 0 Å². The Labute approximate surface area is 66.8 Å². The van der Waals surface area contributed by atoms with Crippen LogP contribution < -0.4 is 22.2 Å². The van der Waals surface area contributed by atoms with Gasteiger partial charge in [0.1, 0.15) is 0 Å². The largest absolute Gasteiger partial charge is 0.338 e. The fourth-order valence-electron chi connectivity index (χ4n) is 1.50. The standard InChI is InChI=1S/C7H16N4/c8-5-1-3-6(4-2-5)11-7(9)10/h5-6H,1-4,8H2,(H4,9,10,11)/p+1. The maximum atomic E-state index is 5.73. The number of hydrogen-bond donors (Lipinski definition) is 4. The van der Waals surface area contributed by atoms with Crippen LogP contribution in [0.15, 0.2) is 0 Å². The van der Waals surface area contributed by atoms with Crippen molar-refractivity contribution in [2.75, 3.05) is 0 Å². The minimum Gasteiger partial charge on any atom is -0.328 e. The monoisotopic (exact) mass is 157 g/mol. The van der Waals surface area contributed by atoms with Crippen molar-refractivity contribution in [1.29, 1.82) is 0 Å². The van der Waals surface area contributed by atoms with Gasteiger partial charge in [-0.25, -0.2) is 0 Å². The van der Waals surface area contributed by atoms with E-state index in [0.717, 1.165) is 25.7 Å². The molecule has 0 atom stereocenters. The average molecular weight is 157 g/mol. The highest BCUT2D eigenvalue weighted by atomic mass is 15.0. The minimum atomic E-state index is 0.325. The number of nitrogens with two attached hydrogens (primary N) is 3. The van der Waals surface area contributed by atoms with Crippen LogP contribution in [0.4, 0.5) is 0 Å². The van der Waals surface area contributed by atoms with E-state index in [4.69, 9.17) is 17.2 Å². The van der Waals surface area contributed by atoms with Crippen molar-refractivity contribution in [1.82, 2.24) is 0 Å². The van der Waals surface area contributed by atoms with E-state index in [-0.39, 0.29) is 0 Å². The van der Waals surface area contributed by atoms with E-state index in [1.165, 1.54) is 0 Å². The van der Waals surface area contributed by atoms with Crippen molar-refractivity contribution >= 4 is 5.96 Å². The van der Waals surface area contributed by atoms with E-state index in [0.29, 0.717) is 18.0 Å². The number of hydrogen-bond acceptors (Lipinski definition) is 1. The van der Waals surface area contributed by atoms with Crippen molar-refractivity contribution in [2.45, 2.75) is 37.8 Å². The molecule has 64 valence electrons. The lowest BCUT2D eigenvalue weighted by molar-refractivity contribution is -0.509. The third-order valence-electron chi connectivity index (χ3n) is 2.14. The van der Waals surface area contributed by atoms with Crippen LogP contribution in [0.2, 0.25) is 0 Å². The molecule has 11 heavy (non-hydrogen) atoms. The topological polar surface area (TPSA) is 92.0 Å². The first kappa shape index (κ1) is 8.33. The van der Waals surface area contributed by atoms with Crippen molar-refractivity contribution < 1.29 is 4.99 Å². The number of rotatable bonds is 1. The second kappa shape index (κ2) is 3.57. The minimum absolute atomic E-state index is 0.325. The summed E-state index contributed by atoms with van der Waals surface area (Å²) in [7, 11) is 0. The zero-order valence-corrected chi connectivity index (χ0v) is 6.72. The van der Waals surface area contributed by atoms with Gasteiger partial charge in [0.05, 0.1) is 6.04 Å². The quantitative estimate of drug-likeness (QED) is 0.253. The van der Waals surface area contributed by atoms with Gasteiger partial charge in [-0.3, -0.25) is 16.5 Å². The molecular weight excluding hydrogens is 140 g/mol. The van der Waals surface area contributed by atoms with Crippen molar-refractivity contribution in [3.8, 4) is 0 Å². The van der Waals surface area contributed by atoms with Crippen LogP contribution in [0.1, 0.15) is 25.7 Å². The van der Waals surface area contributed by atoms with E-state index in [9.17, 15) is 0 Å². The van der Waals surface area contributed by atoms with Gasteiger partial charge in [-0.05, 0) is 25.7 Å². The Hall–Kier alpha value is -0.770. The van der Waals surface area contributed by atoms with Gasteiger partial charge in [0.15, 0.2) is 0 Å². The molecule has 0 radical (unpaired) electrons. The van der Waals surface area contributed by atoms with Crippen LogP contribution in [-0.4, -0.2) is 18.0 Å². The van der Waals surface area contributed by atoms with Gasteiger partial charge in [-0.15, -0.1) is 0 Å². The molecule has 1 saturated carbocycles. The molecule has 4 heteroatoms. The van der Waals surface area contributed by atoms with Crippen molar-refractivity contribution in [3.05, 3.63) is 0 Å². The van der Waals surface area contributed by atoms with Gasteiger partial charge in [-0.2, -0.15) is 0 Å². The molecule has 7 N–H and O–H groups in total. The zero-order valence-electron chi connectivity index (χ0n) is 6.72. The summed E-state index contributed by atoms with van der Waals surface area (Å²) in [5.74, 6) is 0.325. The van der Waals surface area contributed by atoms with Crippen LogP contribution in [0.5, 0.6) is 0 Å². The first-order valence-electron chi connectivity index (χ1n) is 4.08. The third-order valence-corrected chi connectivity index (χ3v) is 2.14. The number of nitrogens with one attached hydrogen (secondary N) is 1. The molecule has 1 aliphatic rings. The molecule has 4 nitrogen and oxygen atoms in total. The summed E-state index contributed by atoms with van der Waals surface area (Å²) in [5, 5.41) is 0. The van der Waals surface area contributed by atoms with Crippen LogP contribution >= 0.6 is 0 Å². The molecule has 0 aromatic carbocycles. The lowest BCUT2D eigenvalue weighted by Gasteiger charge is -2.22. The van der Waals surface area contributed by atoms with Crippen LogP contribution in [0.25, 0.3) is 0 Å². The molecule has 1 fully saturated rings. The van der Waals surface area contributed by atoms with Gasteiger partial charge < -0.3 is 5.73 Å². The van der Waals surface area contributed by atoms with Gasteiger partial charge in [0.25, 0.3) is 0 Å². The zero-order chi connectivity index (χ0) is 8.27. The molecule has 0 heterocycles. The Balaban J connectivity index is 2.34. The van der Waals surface area contributed by atoms with Gasteiger partial charge in [-0.1, -0.05) is 0 Å². The van der Waals surface area contributed by atoms with Gasteiger partial charge >= 0.3 is 5.96 Å². The normalized spacial score (nSPS) is 31.4. The van der Waals surface area contributed by atoms with Gasteiger partial charge in [0, 0.05) is 6.04 Å². The first-order chi connectivity index (χ1) is 5.18. The molecule has 1 aliphatic carbocycles. The highest BCUT2D eigenvalue weighted by Crippen LogP contribution is 2.13. The highest BCUT2D eigenvalue weighted by molar-refractivity contribution is 5.69. The summed E-state index contributed by atoms with van der Waals surface area (Å²) < 4.78 is 0. The van der Waals surface area contributed by atoms with Gasteiger partial charge in [0.2, 0.25) is 0 Å². The second-order valence-corrected chi connectivity index (χ2v) is 3.21. The predicted molar refractivity (Wildman–Crippen MR) is 44.6 cm³/mol. The Bertz CT molecular complexity index is 143.